The number of nitrogens with zero attached hydrogens (tertiary/aromatic N) is 1. The number of hydrogen-bond donors (Lipinski definition) is 1. The molecule has 1 rings (SSSR count). The average Bonchev–Trinajstić information content (AvgIpc) is 2.13. The van der Waals surface area contributed by atoms with Crippen LogP contribution < -0.4 is 5.32 Å². The number of aromatic nitrogens is 1. The molecule has 1 aromatic heterocycles. The first kappa shape index (κ1) is 13.9. The Hall–Kier alpha value is -1.17. The van der Waals surface area contributed by atoms with Crippen LogP contribution in [0, 0.1) is 5.95 Å². The lowest BCUT2D eigenvalue weighted by molar-refractivity contribution is 0.0523. The van der Waals surface area contributed by atoms with Crippen LogP contribution in [0.2, 0.25) is 0 Å². The summed E-state index contributed by atoms with van der Waals surface area (Å²) in [4.78, 5) is 15.0. The number of halogens is 2. The summed E-state index contributed by atoms with van der Waals surface area (Å²) in [5.41, 5.74) is 0.139. The summed E-state index contributed by atoms with van der Waals surface area (Å²) < 4.78 is 18.1. The third kappa shape index (κ3) is 5.12. The maximum Gasteiger partial charge on any atom is 0.407 e. The molecular weight excluding hydrogens is 291 g/mol. The molecular formula is C11H14BrFN2O2. The Bertz CT molecular complexity index is 418. The molecule has 0 unspecified atom stereocenters. The Balaban J connectivity index is 2.53. The molecule has 1 aromatic rings. The lowest BCUT2D eigenvalue weighted by Gasteiger charge is -2.19. The second kappa shape index (κ2) is 5.44. The third-order valence-corrected chi connectivity index (χ3v) is 2.40. The van der Waals surface area contributed by atoms with Gasteiger partial charge in [-0.1, -0.05) is 6.07 Å². The molecule has 0 radical (unpaired) electrons. The van der Waals surface area contributed by atoms with E-state index in [1.807, 2.05) is 0 Å². The van der Waals surface area contributed by atoms with Gasteiger partial charge < -0.3 is 10.1 Å². The van der Waals surface area contributed by atoms with Gasteiger partial charge in [0.05, 0.1) is 0 Å². The fourth-order valence-corrected chi connectivity index (χ4v) is 1.50. The Morgan fingerprint density at radius 3 is 2.71 bits per heavy atom. The fourth-order valence-electron chi connectivity index (χ4n) is 1.05. The van der Waals surface area contributed by atoms with Gasteiger partial charge in [0.2, 0.25) is 5.95 Å². The minimum Gasteiger partial charge on any atom is -0.444 e. The third-order valence-electron chi connectivity index (χ3n) is 1.71. The highest BCUT2D eigenvalue weighted by molar-refractivity contribution is 9.10. The van der Waals surface area contributed by atoms with Crippen molar-refractivity contribution in [2.75, 3.05) is 0 Å². The molecule has 0 atom stereocenters. The quantitative estimate of drug-likeness (QED) is 0.855. The summed E-state index contributed by atoms with van der Waals surface area (Å²) in [6.45, 7) is 5.56. The van der Waals surface area contributed by atoms with Crippen molar-refractivity contribution in [2.45, 2.75) is 32.9 Å². The van der Waals surface area contributed by atoms with Crippen molar-refractivity contribution < 1.29 is 13.9 Å². The van der Waals surface area contributed by atoms with Gasteiger partial charge in [-0.15, -0.1) is 0 Å². The van der Waals surface area contributed by atoms with Crippen LogP contribution in [0.4, 0.5) is 9.18 Å². The molecule has 0 spiro atoms. The zero-order valence-corrected chi connectivity index (χ0v) is 11.5. The van der Waals surface area contributed by atoms with Crippen molar-refractivity contribution in [3.05, 3.63) is 28.2 Å². The predicted molar refractivity (Wildman–Crippen MR) is 65.0 cm³/mol. The molecule has 0 aliphatic carbocycles. The predicted octanol–water partition coefficient (Wildman–Crippen LogP) is 3.01. The molecule has 1 amide bonds. The van der Waals surface area contributed by atoms with Crippen LogP contribution in [0.3, 0.4) is 0 Å². The number of alkyl carbamates (subject to hydrolysis) is 1. The summed E-state index contributed by atoms with van der Waals surface area (Å²) in [5, 5.41) is 2.56. The number of amides is 1. The lowest BCUT2D eigenvalue weighted by atomic mass is 10.2. The smallest absolute Gasteiger partial charge is 0.407 e. The molecule has 0 aromatic carbocycles. The van der Waals surface area contributed by atoms with Crippen molar-refractivity contribution in [1.29, 1.82) is 0 Å². The van der Waals surface area contributed by atoms with Crippen LogP contribution in [0.15, 0.2) is 16.7 Å². The van der Waals surface area contributed by atoms with E-state index in [4.69, 9.17) is 4.74 Å². The van der Waals surface area contributed by atoms with E-state index in [1.165, 1.54) is 6.07 Å². The molecule has 0 aliphatic rings. The van der Waals surface area contributed by atoms with Crippen LogP contribution in [-0.4, -0.2) is 16.7 Å². The van der Waals surface area contributed by atoms with Crippen molar-refractivity contribution in [3.8, 4) is 0 Å². The number of pyridine rings is 1. The van der Waals surface area contributed by atoms with Crippen LogP contribution in [0.25, 0.3) is 0 Å². The van der Waals surface area contributed by atoms with Crippen molar-refractivity contribution in [2.24, 2.45) is 0 Å². The summed E-state index contributed by atoms with van der Waals surface area (Å²) in [6.07, 6.45) is -0.520. The molecule has 6 heteroatoms. The van der Waals surface area contributed by atoms with E-state index in [-0.39, 0.29) is 6.54 Å². The van der Waals surface area contributed by atoms with Gasteiger partial charge in [-0.2, -0.15) is 4.39 Å². The van der Waals surface area contributed by atoms with E-state index in [1.54, 1.807) is 26.8 Å². The summed E-state index contributed by atoms with van der Waals surface area (Å²) >= 11 is 3.12. The van der Waals surface area contributed by atoms with Crippen LogP contribution in [-0.2, 0) is 11.3 Å². The fraction of sp³-hybridized carbons (Fsp3) is 0.455. The van der Waals surface area contributed by atoms with Gasteiger partial charge in [0, 0.05) is 12.1 Å². The maximum atomic E-state index is 12.7. The largest absolute Gasteiger partial charge is 0.444 e. The average molecular weight is 305 g/mol. The van der Waals surface area contributed by atoms with Gasteiger partial charge in [0.15, 0.2) is 0 Å². The SMILES string of the molecule is CC(C)(C)OC(=O)NCc1ccc(F)nc1Br. The molecule has 0 saturated heterocycles. The Morgan fingerprint density at radius 1 is 1.53 bits per heavy atom. The van der Waals surface area contributed by atoms with E-state index >= 15 is 0 Å². The number of rotatable bonds is 2. The number of nitrogens with one attached hydrogen (secondary N) is 1. The van der Waals surface area contributed by atoms with Gasteiger partial charge >= 0.3 is 6.09 Å². The van der Waals surface area contributed by atoms with E-state index in [0.29, 0.717) is 10.2 Å². The molecule has 0 aliphatic heterocycles. The van der Waals surface area contributed by atoms with E-state index in [0.717, 1.165) is 0 Å². The minimum atomic E-state index is -0.571. The van der Waals surface area contributed by atoms with Crippen LogP contribution >= 0.6 is 15.9 Å². The van der Waals surface area contributed by atoms with Crippen molar-refractivity contribution >= 4 is 22.0 Å². The molecule has 0 bridgehead atoms. The van der Waals surface area contributed by atoms with Gasteiger partial charge in [0.25, 0.3) is 0 Å². The summed E-state index contributed by atoms with van der Waals surface area (Å²) in [5.74, 6) is -0.571. The molecule has 4 nitrogen and oxygen atoms in total. The Morgan fingerprint density at radius 2 is 2.18 bits per heavy atom. The zero-order valence-electron chi connectivity index (χ0n) is 9.88. The van der Waals surface area contributed by atoms with Gasteiger partial charge in [-0.25, -0.2) is 9.78 Å². The van der Waals surface area contributed by atoms with E-state index < -0.39 is 17.6 Å². The molecule has 1 heterocycles. The van der Waals surface area contributed by atoms with Crippen molar-refractivity contribution in [3.63, 3.8) is 0 Å². The summed E-state index contributed by atoms with van der Waals surface area (Å²) in [7, 11) is 0. The van der Waals surface area contributed by atoms with E-state index in [9.17, 15) is 9.18 Å². The molecule has 17 heavy (non-hydrogen) atoms. The monoisotopic (exact) mass is 304 g/mol. The lowest BCUT2D eigenvalue weighted by Crippen LogP contribution is -2.32. The standard InChI is InChI=1S/C11H14BrFN2O2/c1-11(2,3)17-10(16)14-6-7-4-5-8(13)15-9(7)12/h4-5H,6H2,1-3H3,(H,14,16). The highest BCUT2D eigenvalue weighted by Gasteiger charge is 2.16. The molecule has 1 N–H and O–H groups in total. The highest BCUT2D eigenvalue weighted by Crippen LogP contribution is 2.14. The second-order valence-corrected chi connectivity index (χ2v) is 5.19. The number of carbonyl (C=O) groups excluding carboxylic acids is 1. The Kier molecular flexibility index (Phi) is 4.45. The normalized spacial score (nSPS) is 11.1. The summed E-state index contributed by atoms with van der Waals surface area (Å²) in [6, 6.07) is 2.78. The highest BCUT2D eigenvalue weighted by atomic mass is 79.9. The number of hydrogen-bond acceptors (Lipinski definition) is 3. The topological polar surface area (TPSA) is 51.2 Å². The van der Waals surface area contributed by atoms with Crippen LogP contribution in [0.5, 0.6) is 0 Å². The van der Waals surface area contributed by atoms with Gasteiger partial charge in [-0.05, 0) is 42.8 Å². The Labute approximate surface area is 108 Å². The number of ether oxygens (including phenoxy) is 1. The zero-order chi connectivity index (χ0) is 13.1. The maximum absolute atomic E-state index is 12.7. The van der Waals surface area contributed by atoms with Crippen molar-refractivity contribution in [1.82, 2.24) is 10.3 Å². The minimum absolute atomic E-state index is 0.225. The van der Waals surface area contributed by atoms with Gasteiger partial charge in [-0.3, -0.25) is 0 Å². The molecule has 0 saturated carbocycles. The first-order chi connectivity index (χ1) is 7.78. The first-order valence-electron chi connectivity index (χ1n) is 5.06. The first-order valence-corrected chi connectivity index (χ1v) is 5.85. The number of carbonyl (C=O) groups is 1. The molecule has 94 valence electrons. The van der Waals surface area contributed by atoms with Gasteiger partial charge in [0.1, 0.15) is 10.2 Å². The van der Waals surface area contributed by atoms with E-state index in [2.05, 4.69) is 26.2 Å². The molecule has 0 fully saturated rings. The second-order valence-electron chi connectivity index (χ2n) is 4.44. The van der Waals surface area contributed by atoms with Crippen LogP contribution in [0.1, 0.15) is 26.3 Å².